The van der Waals surface area contributed by atoms with Crippen molar-refractivity contribution < 1.29 is 9.18 Å². The van der Waals surface area contributed by atoms with E-state index in [2.05, 4.69) is 0 Å². The Kier molecular flexibility index (Phi) is 4.00. The minimum atomic E-state index is -0.591. The van der Waals surface area contributed by atoms with Crippen LogP contribution < -0.4 is 0 Å². The molecular weight excluding hydrogens is 277 g/mol. The summed E-state index contributed by atoms with van der Waals surface area (Å²) < 4.78 is 15.9. The minimum Gasteiger partial charge on any atom is -0.315 e. The maximum absolute atomic E-state index is 14.1. The third kappa shape index (κ3) is 2.50. The Hall–Kier alpha value is -1.61. The molecule has 20 heavy (non-hydrogen) atoms. The molecule has 0 saturated heterocycles. The molecule has 1 heterocycles. The van der Waals surface area contributed by atoms with E-state index in [0.29, 0.717) is 16.9 Å². The average Bonchev–Trinajstić information content (AvgIpc) is 2.65. The number of hydrogen-bond acceptors (Lipinski definition) is 1. The summed E-state index contributed by atoms with van der Waals surface area (Å²) in [4.78, 5) is 12.1. The summed E-state index contributed by atoms with van der Waals surface area (Å²) in [6.07, 6.45) is 0. The molecule has 0 amide bonds. The number of rotatable bonds is 3. The Morgan fingerprint density at radius 3 is 2.45 bits per heavy atom. The molecule has 0 aliphatic heterocycles. The quantitative estimate of drug-likeness (QED) is 0.609. The highest BCUT2D eigenvalue weighted by atomic mass is 35.5. The van der Waals surface area contributed by atoms with Gasteiger partial charge in [-0.3, -0.25) is 4.79 Å². The Morgan fingerprint density at radius 1 is 1.25 bits per heavy atom. The lowest BCUT2D eigenvalue weighted by atomic mass is 10.1. The molecule has 2 rings (SSSR count). The standard InChI is InChI=1S/C16H17ClFNO/c1-9-5-6-15(14(18)7-9)19-10(2)8-13(12(19)4)16(20)11(3)17/h5-8,11H,1-4H3. The summed E-state index contributed by atoms with van der Waals surface area (Å²) >= 11 is 5.86. The normalized spacial score (nSPS) is 12.5. The Morgan fingerprint density at radius 2 is 1.90 bits per heavy atom. The molecule has 4 heteroatoms. The van der Waals surface area contributed by atoms with E-state index in [0.717, 1.165) is 11.3 Å². The third-order valence-corrected chi connectivity index (χ3v) is 3.60. The van der Waals surface area contributed by atoms with Crippen LogP contribution in [0.1, 0.15) is 34.2 Å². The Labute approximate surface area is 123 Å². The lowest BCUT2D eigenvalue weighted by Gasteiger charge is -2.11. The molecule has 1 aromatic carbocycles. The van der Waals surface area contributed by atoms with Crippen molar-refractivity contribution in [2.75, 3.05) is 0 Å². The van der Waals surface area contributed by atoms with Gasteiger partial charge in [-0.2, -0.15) is 0 Å². The summed E-state index contributed by atoms with van der Waals surface area (Å²) in [5.41, 5.74) is 3.38. The second kappa shape index (κ2) is 5.41. The molecule has 0 radical (unpaired) electrons. The zero-order chi connectivity index (χ0) is 15.0. The number of alkyl halides is 1. The summed E-state index contributed by atoms with van der Waals surface area (Å²) in [7, 11) is 0. The molecule has 0 fully saturated rings. The van der Waals surface area contributed by atoms with Crippen LogP contribution in [0.5, 0.6) is 0 Å². The molecule has 106 valence electrons. The second-order valence-corrected chi connectivity index (χ2v) is 5.71. The van der Waals surface area contributed by atoms with E-state index < -0.39 is 5.38 Å². The fourth-order valence-corrected chi connectivity index (χ4v) is 2.51. The number of carbonyl (C=O) groups is 1. The highest BCUT2D eigenvalue weighted by molar-refractivity contribution is 6.33. The van der Waals surface area contributed by atoms with Gasteiger partial charge in [0.15, 0.2) is 5.78 Å². The zero-order valence-electron chi connectivity index (χ0n) is 12.0. The predicted octanol–water partition coefficient (Wildman–Crippen LogP) is 4.35. The van der Waals surface area contributed by atoms with Gasteiger partial charge in [-0.25, -0.2) is 4.39 Å². The fourth-order valence-electron chi connectivity index (χ4n) is 2.39. The second-order valence-electron chi connectivity index (χ2n) is 5.06. The van der Waals surface area contributed by atoms with Gasteiger partial charge in [-0.15, -0.1) is 11.6 Å². The topological polar surface area (TPSA) is 22.0 Å². The molecule has 1 unspecified atom stereocenters. The molecule has 0 N–H and O–H groups in total. The zero-order valence-corrected chi connectivity index (χ0v) is 12.8. The van der Waals surface area contributed by atoms with E-state index in [4.69, 9.17) is 11.6 Å². The van der Waals surface area contributed by atoms with Gasteiger partial charge >= 0.3 is 0 Å². The van der Waals surface area contributed by atoms with E-state index in [1.807, 2.05) is 19.9 Å². The lowest BCUT2D eigenvalue weighted by molar-refractivity contribution is 0.0991. The number of benzene rings is 1. The van der Waals surface area contributed by atoms with E-state index in [9.17, 15) is 9.18 Å². The van der Waals surface area contributed by atoms with Crippen molar-refractivity contribution in [3.63, 3.8) is 0 Å². The smallest absolute Gasteiger partial charge is 0.182 e. The maximum atomic E-state index is 14.1. The fraction of sp³-hybridized carbons (Fsp3) is 0.312. The van der Waals surface area contributed by atoms with Gasteiger partial charge in [-0.1, -0.05) is 6.07 Å². The first-order valence-corrected chi connectivity index (χ1v) is 6.90. The van der Waals surface area contributed by atoms with Crippen molar-refractivity contribution in [3.8, 4) is 5.69 Å². The molecule has 1 atom stereocenters. The molecule has 1 aromatic heterocycles. The molecule has 0 saturated carbocycles. The number of Topliss-reactive ketones (excluding diaryl/α,β-unsaturated/α-hetero) is 1. The van der Waals surface area contributed by atoms with E-state index in [1.54, 1.807) is 30.5 Å². The van der Waals surface area contributed by atoms with Crippen LogP contribution in [0.4, 0.5) is 4.39 Å². The van der Waals surface area contributed by atoms with Gasteiger partial charge < -0.3 is 4.57 Å². The largest absolute Gasteiger partial charge is 0.315 e. The van der Waals surface area contributed by atoms with Crippen molar-refractivity contribution in [2.45, 2.75) is 33.1 Å². The van der Waals surface area contributed by atoms with E-state index in [1.165, 1.54) is 6.07 Å². The summed E-state index contributed by atoms with van der Waals surface area (Å²) in [5, 5.41) is -0.591. The summed E-state index contributed by atoms with van der Waals surface area (Å²) in [5.74, 6) is -0.441. The number of halogens is 2. The lowest BCUT2D eigenvalue weighted by Crippen LogP contribution is -2.12. The highest BCUT2D eigenvalue weighted by Gasteiger charge is 2.21. The average molecular weight is 294 g/mol. The SMILES string of the molecule is Cc1ccc(-n2c(C)cc(C(=O)C(C)Cl)c2C)c(F)c1. The van der Waals surface area contributed by atoms with Crippen molar-refractivity contribution >= 4 is 17.4 Å². The van der Waals surface area contributed by atoms with Gasteiger partial charge in [-0.05, 0) is 51.5 Å². The highest BCUT2D eigenvalue weighted by Crippen LogP contribution is 2.25. The number of nitrogens with zero attached hydrogens (tertiary/aromatic N) is 1. The number of aryl methyl sites for hydroxylation is 2. The number of hydrogen-bond donors (Lipinski definition) is 0. The number of carbonyl (C=O) groups excluding carboxylic acids is 1. The van der Waals surface area contributed by atoms with Crippen LogP contribution in [-0.2, 0) is 0 Å². The maximum Gasteiger partial charge on any atom is 0.182 e. The summed E-state index contributed by atoms with van der Waals surface area (Å²) in [6.45, 7) is 7.13. The van der Waals surface area contributed by atoms with Crippen LogP contribution in [0.2, 0.25) is 0 Å². The van der Waals surface area contributed by atoms with Crippen LogP contribution in [0.15, 0.2) is 24.3 Å². The Balaban J connectivity index is 2.61. The Bertz CT molecular complexity index is 673. The first-order valence-electron chi connectivity index (χ1n) is 6.46. The minimum absolute atomic E-state index is 0.140. The van der Waals surface area contributed by atoms with Gasteiger partial charge in [0.25, 0.3) is 0 Å². The predicted molar refractivity (Wildman–Crippen MR) is 79.6 cm³/mol. The molecule has 2 aromatic rings. The van der Waals surface area contributed by atoms with Gasteiger partial charge in [0.05, 0.1) is 11.1 Å². The van der Waals surface area contributed by atoms with Crippen LogP contribution in [0.3, 0.4) is 0 Å². The van der Waals surface area contributed by atoms with Crippen LogP contribution >= 0.6 is 11.6 Å². The van der Waals surface area contributed by atoms with Crippen molar-refractivity contribution in [1.29, 1.82) is 0 Å². The number of ketones is 1. The molecule has 0 aliphatic carbocycles. The molecule has 0 bridgehead atoms. The van der Waals surface area contributed by atoms with Crippen molar-refractivity contribution in [3.05, 3.63) is 52.6 Å². The monoisotopic (exact) mass is 293 g/mol. The van der Waals surface area contributed by atoms with E-state index in [-0.39, 0.29) is 11.6 Å². The van der Waals surface area contributed by atoms with Gasteiger partial charge in [0.2, 0.25) is 0 Å². The molecular formula is C16H17ClFNO. The van der Waals surface area contributed by atoms with Crippen molar-refractivity contribution in [1.82, 2.24) is 4.57 Å². The molecule has 2 nitrogen and oxygen atoms in total. The molecule has 0 aliphatic rings. The number of aromatic nitrogens is 1. The van der Waals surface area contributed by atoms with Crippen LogP contribution in [-0.4, -0.2) is 15.7 Å². The van der Waals surface area contributed by atoms with Gasteiger partial charge in [0, 0.05) is 17.0 Å². The third-order valence-electron chi connectivity index (χ3n) is 3.40. The first-order chi connectivity index (χ1) is 9.32. The van der Waals surface area contributed by atoms with E-state index >= 15 is 0 Å². The summed E-state index contributed by atoms with van der Waals surface area (Å²) in [6, 6.07) is 6.82. The first kappa shape index (κ1) is 14.8. The van der Waals surface area contributed by atoms with Crippen LogP contribution in [0, 0.1) is 26.6 Å². The van der Waals surface area contributed by atoms with Crippen molar-refractivity contribution in [2.24, 2.45) is 0 Å². The van der Waals surface area contributed by atoms with Crippen LogP contribution in [0.25, 0.3) is 5.69 Å². The van der Waals surface area contributed by atoms with Gasteiger partial charge in [0.1, 0.15) is 5.82 Å². The molecule has 0 spiro atoms.